The van der Waals surface area contributed by atoms with Crippen LogP contribution in [-0.4, -0.2) is 14.8 Å². The van der Waals surface area contributed by atoms with E-state index in [1.54, 1.807) is 36.4 Å². The molecule has 0 fully saturated rings. The molecule has 0 aliphatic carbocycles. The van der Waals surface area contributed by atoms with E-state index in [1.165, 1.54) is 11.7 Å². The molecular formula is C20H17N7O. The fourth-order valence-electron chi connectivity index (χ4n) is 2.75. The van der Waals surface area contributed by atoms with Gasteiger partial charge in [-0.1, -0.05) is 0 Å². The highest BCUT2D eigenvalue weighted by molar-refractivity contribution is 5.66. The summed E-state index contributed by atoms with van der Waals surface area (Å²) in [5, 5.41) is 28.2. The van der Waals surface area contributed by atoms with E-state index in [4.69, 9.17) is 10.5 Å². The van der Waals surface area contributed by atoms with Crippen LogP contribution in [0, 0.1) is 36.5 Å². The zero-order valence-electron chi connectivity index (χ0n) is 15.6. The fraction of sp³-hybridized carbons (Fsp3) is 0.150. The van der Waals surface area contributed by atoms with Gasteiger partial charge in [-0.15, -0.1) is 5.10 Å². The van der Waals surface area contributed by atoms with Crippen LogP contribution in [-0.2, 0) is 7.05 Å². The zero-order valence-corrected chi connectivity index (χ0v) is 15.6. The van der Waals surface area contributed by atoms with Gasteiger partial charge in [-0.3, -0.25) is 4.79 Å². The number of aromatic nitrogens is 3. The van der Waals surface area contributed by atoms with Crippen LogP contribution < -0.4 is 16.2 Å². The van der Waals surface area contributed by atoms with Gasteiger partial charge in [0.25, 0.3) is 0 Å². The molecule has 3 rings (SSSR count). The Morgan fingerprint density at radius 2 is 1.57 bits per heavy atom. The molecule has 1 aromatic heterocycles. The highest BCUT2D eigenvalue weighted by atomic mass is 16.1. The van der Waals surface area contributed by atoms with Crippen molar-refractivity contribution in [2.45, 2.75) is 13.8 Å². The summed E-state index contributed by atoms with van der Waals surface area (Å²) in [5.41, 5.74) is 3.86. The van der Waals surface area contributed by atoms with E-state index in [1.807, 2.05) is 19.9 Å². The fourth-order valence-corrected chi connectivity index (χ4v) is 2.75. The molecule has 0 aliphatic heterocycles. The summed E-state index contributed by atoms with van der Waals surface area (Å²) in [6, 6.07) is 14.4. The Morgan fingerprint density at radius 1 is 0.964 bits per heavy atom. The third-order valence-corrected chi connectivity index (χ3v) is 4.13. The molecule has 0 aliphatic rings. The first-order valence-corrected chi connectivity index (χ1v) is 8.42. The molecule has 0 unspecified atom stereocenters. The number of aryl methyl sites for hydroxylation is 3. The minimum absolute atomic E-state index is 0.105. The molecule has 8 nitrogen and oxygen atoms in total. The molecule has 28 heavy (non-hydrogen) atoms. The molecule has 138 valence electrons. The Morgan fingerprint density at radius 3 is 2.14 bits per heavy atom. The second kappa shape index (κ2) is 7.60. The predicted octanol–water partition coefficient (Wildman–Crippen LogP) is 3.02. The van der Waals surface area contributed by atoms with Crippen molar-refractivity contribution in [3.05, 3.63) is 69.0 Å². The molecule has 0 atom stereocenters. The first-order chi connectivity index (χ1) is 13.4. The maximum Gasteiger partial charge on any atom is 0.309 e. The quantitative estimate of drug-likeness (QED) is 0.723. The maximum absolute atomic E-state index is 12.4. The van der Waals surface area contributed by atoms with E-state index in [0.29, 0.717) is 16.8 Å². The van der Waals surface area contributed by atoms with E-state index in [9.17, 15) is 4.79 Å². The normalized spacial score (nSPS) is 10.0. The maximum atomic E-state index is 12.4. The summed E-state index contributed by atoms with van der Waals surface area (Å²) >= 11 is 0. The number of hydrogen-bond donors (Lipinski definition) is 2. The van der Waals surface area contributed by atoms with E-state index < -0.39 is 0 Å². The average Bonchev–Trinajstić information content (AvgIpc) is 2.68. The van der Waals surface area contributed by atoms with Crippen molar-refractivity contribution in [1.29, 1.82) is 10.5 Å². The molecule has 3 aromatic rings. The lowest BCUT2D eigenvalue weighted by Crippen LogP contribution is -2.25. The summed E-state index contributed by atoms with van der Waals surface area (Å²) in [4.78, 5) is 16.7. The van der Waals surface area contributed by atoms with Crippen molar-refractivity contribution in [2.24, 2.45) is 7.05 Å². The molecule has 8 heteroatoms. The summed E-state index contributed by atoms with van der Waals surface area (Å²) in [6.07, 6.45) is 0. The summed E-state index contributed by atoms with van der Waals surface area (Å²) < 4.78 is 1.19. The van der Waals surface area contributed by atoms with Crippen LogP contribution in [0.3, 0.4) is 0 Å². The highest BCUT2D eigenvalue weighted by Gasteiger charge is 2.12. The standard InChI is InChI=1S/C20H17N7O/c1-12-8-15(11-22)9-13(2)17(12)24-20-25-18(19(28)27(3)26-20)23-16-6-4-14(10-21)5-7-16/h4-9H,1-3H3,(H2,23,24,25,26). The zero-order chi connectivity index (χ0) is 20.3. The van der Waals surface area contributed by atoms with E-state index in [2.05, 4.69) is 26.8 Å². The summed E-state index contributed by atoms with van der Waals surface area (Å²) in [7, 11) is 1.54. The molecule has 1 heterocycles. The minimum atomic E-state index is -0.386. The first kappa shape index (κ1) is 18.6. The summed E-state index contributed by atoms with van der Waals surface area (Å²) in [6.45, 7) is 3.77. The molecule has 2 N–H and O–H groups in total. The minimum Gasteiger partial charge on any atom is -0.335 e. The number of hydrogen-bond acceptors (Lipinski definition) is 7. The summed E-state index contributed by atoms with van der Waals surface area (Å²) in [5.74, 6) is 0.350. The molecule has 0 radical (unpaired) electrons. The van der Waals surface area contributed by atoms with E-state index >= 15 is 0 Å². The number of rotatable bonds is 4. The van der Waals surface area contributed by atoms with Crippen LogP contribution in [0.4, 0.5) is 23.1 Å². The highest BCUT2D eigenvalue weighted by Crippen LogP contribution is 2.24. The topological polar surface area (TPSA) is 119 Å². The van der Waals surface area contributed by atoms with Gasteiger partial charge >= 0.3 is 5.56 Å². The molecule has 0 spiro atoms. The van der Waals surface area contributed by atoms with Gasteiger partial charge in [0.05, 0.1) is 23.3 Å². The van der Waals surface area contributed by atoms with Crippen LogP contribution in [0.1, 0.15) is 22.3 Å². The van der Waals surface area contributed by atoms with Gasteiger partial charge in [-0.05, 0) is 61.4 Å². The molecule has 2 aromatic carbocycles. The van der Waals surface area contributed by atoms with Gasteiger partial charge in [-0.2, -0.15) is 15.5 Å². The molecule has 0 saturated carbocycles. The van der Waals surface area contributed by atoms with Crippen molar-refractivity contribution in [3.8, 4) is 12.1 Å². The lowest BCUT2D eigenvalue weighted by Gasteiger charge is -2.14. The van der Waals surface area contributed by atoms with Crippen LogP contribution in [0.15, 0.2) is 41.2 Å². The van der Waals surface area contributed by atoms with Gasteiger partial charge in [0.1, 0.15) is 0 Å². The number of anilines is 4. The second-order valence-corrected chi connectivity index (χ2v) is 6.25. The van der Waals surface area contributed by atoms with Crippen molar-refractivity contribution in [1.82, 2.24) is 14.8 Å². The molecule has 0 bridgehead atoms. The van der Waals surface area contributed by atoms with Crippen molar-refractivity contribution in [3.63, 3.8) is 0 Å². The van der Waals surface area contributed by atoms with Crippen molar-refractivity contribution in [2.75, 3.05) is 10.6 Å². The number of nitrogens with zero attached hydrogens (tertiary/aromatic N) is 5. The van der Waals surface area contributed by atoms with E-state index in [0.717, 1.165) is 16.8 Å². The van der Waals surface area contributed by atoms with Crippen molar-refractivity contribution < 1.29 is 0 Å². The van der Waals surface area contributed by atoms with Gasteiger partial charge in [0.2, 0.25) is 11.8 Å². The lowest BCUT2D eigenvalue weighted by atomic mass is 10.1. The monoisotopic (exact) mass is 371 g/mol. The predicted molar refractivity (Wildman–Crippen MR) is 106 cm³/mol. The largest absolute Gasteiger partial charge is 0.335 e. The van der Waals surface area contributed by atoms with Crippen LogP contribution in [0.5, 0.6) is 0 Å². The first-order valence-electron chi connectivity index (χ1n) is 8.42. The molecule has 0 saturated heterocycles. The van der Waals surface area contributed by atoms with Gasteiger partial charge in [-0.25, -0.2) is 4.68 Å². The smallest absolute Gasteiger partial charge is 0.309 e. The molecular weight excluding hydrogens is 354 g/mol. The number of nitrogens with one attached hydrogen (secondary N) is 2. The van der Waals surface area contributed by atoms with E-state index in [-0.39, 0.29) is 17.3 Å². The van der Waals surface area contributed by atoms with Crippen LogP contribution >= 0.6 is 0 Å². The molecule has 0 amide bonds. The van der Waals surface area contributed by atoms with Crippen LogP contribution in [0.2, 0.25) is 0 Å². The Labute approximate surface area is 161 Å². The SMILES string of the molecule is Cc1cc(C#N)cc(C)c1Nc1nc(Nc2ccc(C#N)cc2)c(=O)n(C)n1. The third kappa shape index (κ3) is 3.81. The van der Waals surface area contributed by atoms with Crippen LogP contribution in [0.25, 0.3) is 0 Å². The number of benzene rings is 2. The van der Waals surface area contributed by atoms with Gasteiger partial charge in [0.15, 0.2) is 0 Å². The van der Waals surface area contributed by atoms with Gasteiger partial charge < -0.3 is 10.6 Å². The Balaban J connectivity index is 1.95. The average molecular weight is 371 g/mol. The third-order valence-electron chi connectivity index (χ3n) is 4.13. The Bertz CT molecular complexity index is 1160. The van der Waals surface area contributed by atoms with Crippen molar-refractivity contribution >= 4 is 23.1 Å². The number of nitriles is 2. The van der Waals surface area contributed by atoms with Gasteiger partial charge in [0, 0.05) is 18.4 Å². The lowest BCUT2D eigenvalue weighted by molar-refractivity contribution is 0.699. The Hall–Kier alpha value is -4.17. The Kier molecular flexibility index (Phi) is 5.05. The second-order valence-electron chi connectivity index (χ2n) is 6.25.